The summed E-state index contributed by atoms with van der Waals surface area (Å²) in [6.07, 6.45) is -5.79. The van der Waals surface area contributed by atoms with Crippen LogP contribution in [-0.2, 0) is 22.3 Å². The van der Waals surface area contributed by atoms with Gasteiger partial charge in [0, 0.05) is 7.05 Å². The molecule has 0 saturated carbocycles. The topological polar surface area (TPSA) is 66.8 Å². The third-order valence-electron chi connectivity index (χ3n) is 3.68. The second kappa shape index (κ2) is 7.90. The molecule has 0 aliphatic rings. The molecule has 2 aromatic carbocycles. The smallest absolute Gasteiger partial charge is 0.416 e. The Balaban J connectivity index is 2.24. The Bertz CT molecular complexity index is 778. The Morgan fingerprint density at radius 2 is 1.65 bits per heavy atom. The highest BCUT2D eigenvalue weighted by Crippen LogP contribution is 2.36. The number of nitrogens with zero attached hydrogens (tertiary/aromatic N) is 1. The number of hydrogen-bond acceptors (Lipinski definition) is 3. The van der Waals surface area contributed by atoms with E-state index in [0.29, 0.717) is 10.5 Å². The molecule has 0 aliphatic heterocycles. The zero-order chi connectivity index (χ0) is 19.3. The molecule has 0 spiro atoms. The predicted molar refractivity (Wildman–Crippen MR) is 86.2 cm³/mol. The van der Waals surface area contributed by atoms with Crippen LogP contribution in [0.2, 0.25) is 0 Å². The third kappa shape index (κ3) is 4.53. The van der Waals surface area contributed by atoms with E-state index in [2.05, 4.69) is 0 Å². The summed E-state index contributed by atoms with van der Waals surface area (Å²) >= 11 is 0. The minimum atomic E-state index is -4.75. The highest BCUT2D eigenvalue weighted by atomic mass is 19.4. The van der Waals surface area contributed by atoms with Crippen molar-refractivity contribution in [3.8, 4) is 0 Å². The summed E-state index contributed by atoms with van der Waals surface area (Å²) < 4.78 is 44.5. The average molecular weight is 367 g/mol. The van der Waals surface area contributed by atoms with Gasteiger partial charge in [-0.3, -0.25) is 4.90 Å². The summed E-state index contributed by atoms with van der Waals surface area (Å²) in [4.78, 5) is 24.4. The number of rotatable bonds is 5. The summed E-state index contributed by atoms with van der Waals surface area (Å²) in [5.74, 6) is -1.60. The van der Waals surface area contributed by atoms with Crippen molar-refractivity contribution in [2.45, 2.75) is 18.8 Å². The Kier molecular flexibility index (Phi) is 5.86. The van der Waals surface area contributed by atoms with Crippen molar-refractivity contribution >= 4 is 12.1 Å². The summed E-state index contributed by atoms with van der Waals surface area (Å²) in [6.45, 7) is -0.128. The number of likely N-dealkylation sites (N-methyl/N-ethyl adjacent to an activating group) is 1. The number of halogens is 3. The maximum Gasteiger partial charge on any atom is 0.416 e. The average Bonchev–Trinajstić information content (AvgIpc) is 2.60. The van der Waals surface area contributed by atoms with Crippen molar-refractivity contribution in [1.29, 1.82) is 0 Å². The van der Waals surface area contributed by atoms with Gasteiger partial charge in [-0.15, -0.1) is 0 Å². The zero-order valence-corrected chi connectivity index (χ0v) is 13.7. The van der Waals surface area contributed by atoms with Gasteiger partial charge in [0.25, 0.3) is 0 Å². The predicted octanol–water partition coefficient (Wildman–Crippen LogP) is 4.10. The third-order valence-corrected chi connectivity index (χ3v) is 3.68. The molecule has 8 heteroatoms. The lowest BCUT2D eigenvalue weighted by Crippen LogP contribution is -2.37. The Hall–Kier alpha value is -3.03. The number of ether oxygens (including phenoxy) is 1. The lowest BCUT2D eigenvalue weighted by Gasteiger charge is -2.26. The van der Waals surface area contributed by atoms with Crippen LogP contribution < -0.4 is 0 Å². The normalized spacial score (nSPS) is 12.3. The number of benzene rings is 2. The fourth-order valence-electron chi connectivity index (χ4n) is 2.43. The van der Waals surface area contributed by atoms with E-state index in [4.69, 9.17) is 4.74 Å². The second-order valence-corrected chi connectivity index (χ2v) is 5.48. The lowest BCUT2D eigenvalue weighted by atomic mass is 9.99. The molecule has 0 heterocycles. The van der Waals surface area contributed by atoms with Gasteiger partial charge in [0.05, 0.1) is 5.56 Å². The number of carbonyl (C=O) groups is 2. The first-order valence-electron chi connectivity index (χ1n) is 7.54. The first-order chi connectivity index (χ1) is 12.2. The molecular formula is C18H16F3NO4. The van der Waals surface area contributed by atoms with Gasteiger partial charge in [-0.2, -0.15) is 13.2 Å². The van der Waals surface area contributed by atoms with Crippen LogP contribution in [0.4, 0.5) is 18.0 Å². The fourth-order valence-corrected chi connectivity index (χ4v) is 2.43. The van der Waals surface area contributed by atoms with E-state index in [0.717, 1.165) is 25.2 Å². The number of carboxylic acid groups (broad SMARTS) is 1. The molecule has 2 aromatic rings. The lowest BCUT2D eigenvalue weighted by molar-refractivity contribution is -0.145. The number of amides is 1. The Morgan fingerprint density at radius 3 is 2.23 bits per heavy atom. The number of aliphatic carboxylic acids is 1. The maximum atomic E-state index is 13.2. The van der Waals surface area contributed by atoms with Gasteiger partial charge >= 0.3 is 18.2 Å². The highest BCUT2D eigenvalue weighted by molar-refractivity contribution is 5.81. The monoisotopic (exact) mass is 367 g/mol. The van der Waals surface area contributed by atoms with Crippen LogP contribution in [0.25, 0.3) is 0 Å². The largest absolute Gasteiger partial charge is 0.479 e. The standard InChI is InChI=1S/C18H16F3NO4/c1-22(17(25)26-11-12-7-3-2-4-8-12)15(16(23)24)13-9-5-6-10-14(13)18(19,20)21/h2-10,15H,11H2,1H3,(H,23,24). The van der Waals surface area contributed by atoms with E-state index in [1.165, 1.54) is 6.07 Å². The minimum absolute atomic E-state index is 0.128. The second-order valence-electron chi connectivity index (χ2n) is 5.48. The number of hydrogen-bond donors (Lipinski definition) is 1. The molecule has 0 aromatic heterocycles. The van der Waals surface area contributed by atoms with Crippen LogP contribution in [0.15, 0.2) is 54.6 Å². The maximum absolute atomic E-state index is 13.2. The van der Waals surface area contributed by atoms with E-state index in [9.17, 15) is 27.9 Å². The molecule has 5 nitrogen and oxygen atoms in total. The van der Waals surface area contributed by atoms with Gasteiger partial charge < -0.3 is 9.84 Å². The van der Waals surface area contributed by atoms with Crippen LogP contribution in [0.3, 0.4) is 0 Å². The molecule has 0 saturated heterocycles. The summed E-state index contributed by atoms with van der Waals surface area (Å²) in [5.41, 5.74) is -0.987. The van der Waals surface area contributed by atoms with Crippen LogP contribution in [-0.4, -0.2) is 29.1 Å². The first-order valence-corrected chi connectivity index (χ1v) is 7.54. The van der Waals surface area contributed by atoms with Crippen LogP contribution in [0.1, 0.15) is 22.7 Å². The van der Waals surface area contributed by atoms with Crippen molar-refractivity contribution in [2.75, 3.05) is 7.05 Å². The number of carboxylic acids is 1. The molecule has 26 heavy (non-hydrogen) atoms. The van der Waals surface area contributed by atoms with E-state index < -0.39 is 35.4 Å². The van der Waals surface area contributed by atoms with Gasteiger partial charge in [-0.05, 0) is 17.2 Å². The molecule has 1 unspecified atom stereocenters. The van der Waals surface area contributed by atoms with Crippen molar-refractivity contribution in [1.82, 2.24) is 4.90 Å². The molecule has 0 fully saturated rings. The van der Waals surface area contributed by atoms with E-state index in [1.54, 1.807) is 30.3 Å². The van der Waals surface area contributed by atoms with E-state index in [-0.39, 0.29) is 6.61 Å². The summed E-state index contributed by atoms with van der Waals surface area (Å²) in [6, 6.07) is 11.0. The van der Waals surface area contributed by atoms with Crippen LogP contribution in [0, 0.1) is 0 Å². The molecule has 1 atom stereocenters. The van der Waals surface area contributed by atoms with Crippen molar-refractivity contribution in [2.24, 2.45) is 0 Å². The molecule has 1 N–H and O–H groups in total. The van der Waals surface area contributed by atoms with Gasteiger partial charge in [-0.25, -0.2) is 9.59 Å². The van der Waals surface area contributed by atoms with Crippen molar-refractivity contribution in [3.05, 3.63) is 71.3 Å². The van der Waals surface area contributed by atoms with Gasteiger partial charge in [-0.1, -0.05) is 48.5 Å². The molecule has 0 bridgehead atoms. The van der Waals surface area contributed by atoms with Crippen molar-refractivity contribution < 1.29 is 32.6 Å². The number of carbonyl (C=O) groups excluding carboxylic acids is 1. The fraction of sp³-hybridized carbons (Fsp3) is 0.222. The minimum Gasteiger partial charge on any atom is -0.479 e. The van der Waals surface area contributed by atoms with Crippen LogP contribution in [0.5, 0.6) is 0 Å². The SMILES string of the molecule is CN(C(=O)OCc1ccccc1)C(C(=O)O)c1ccccc1C(F)(F)F. The van der Waals surface area contributed by atoms with Gasteiger partial charge in [0.2, 0.25) is 0 Å². The quantitative estimate of drug-likeness (QED) is 0.864. The van der Waals surface area contributed by atoms with Gasteiger partial charge in [0.1, 0.15) is 6.61 Å². The van der Waals surface area contributed by atoms with Crippen molar-refractivity contribution in [3.63, 3.8) is 0 Å². The molecule has 0 aliphatic carbocycles. The van der Waals surface area contributed by atoms with Crippen LogP contribution >= 0.6 is 0 Å². The highest BCUT2D eigenvalue weighted by Gasteiger charge is 2.39. The Labute approximate surface area is 147 Å². The summed E-state index contributed by atoms with van der Waals surface area (Å²) in [7, 11) is 1.08. The first kappa shape index (κ1) is 19.3. The molecule has 2 rings (SSSR count). The van der Waals surface area contributed by atoms with E-state index >= 15 is 0 Å². The number of alkyl halides is 3. The van der Waals surface area contributed by atoms with Gasteiger partial charge in [0.15, 0.2) is 6.04 Å². The summed E-state index contributed by atoms with van der Waals surface area (Å²) in [5, 5.41) is 9.40. The molecule has 0 radical (unpaired) electrons. The van der Waals surface area contributed by atoms with E-state index in [1.807, 2.05) is 0 Å². The molecular weight excluding hydrogens is 351 g/mol. The molecule has 138 valence electrons. The molecule has 1 amide bonds. The Morgan fingerprint density at radius 1 is 1.08 bits per heavy atom. The zero-order valence-electron chi connectivity index (χ0n) is 13.7.